The summed E-state index contributed by atoms with van der Waals surface area (Å²) in [5.74, 6) is 1.73. The van der Waals surface area contributed by atoms with Crippen molar-refractivity contribution in [2.45, 2.75) is 52.1 Å². The summed E-state index contributed by atoms with van der Waals surface area (Å²) in [7, 11) is 0. The zero-order valence-electron chi connectivity index (χ0n) is 15.6. The summed E-state index contributed by atoms with van der Waals surface area (Å²) in [6, 6.07) is 4.08. The minimum atomic E-state index is -0.137. The summed E-state index contributed by atoms with van der Waals surface area (Å²) >= 11 is 0. The molecule has 1 aliphatic rings. The number of carbonyl (C=O) groups excluding carboxylic acids is 1. The van der Waals surface area contributed by atoms with Gasteiger partial charge in [-0.25, -0.2) is 0 Å². The highest BCUT2D eigenvalue weighted by atomic mass is 16.3. The standard InChI is InChI=1S/C19H28N4O2/c1-14-7-8-17(25-14)16(22-9-5-6-10-22)12-20-18(24)15-11-21-23(13-15)19(2,3)4/h7-8,11,13,16H,5-6,9-10,12H2,1-4H3,(H,20,24)/t16-/m0/s1. The molecule has 1 saturated heterocycles. The van der Waals surface area contributed by atoms with Crippen LogP contribution in [-0.2, 0) is 5.54 Å². The van der Waals surface area contributed by atoms with Gasteiger partial charge in [-0.2, -0.15) is 5.10 Å². The second-order valence-electron chi connectivity index (χ2n) is 7.76. The van der Waals surface area contributed by atoms with Gasteiger partial charge < -0.3 is 9.73 Å². The summed E-state index contributed by atoms with van der Waals surface area (Å²) in [4.78, 5) is 14.9. The second kappa shape index (κ2) is 7.04. The zero-order valence-corrected chi connectivity index (χ0v) is 15.6. The molecule has 0 unspecified atom stereocenters. The minimum Gasteiger partial charge on any atom is -0.465 e. The van der Waals surface area contributed by atoms with E-state index in [1.54, 1.807) is 12.4 Å². The van der Waals surface area contributed by atoms with Crippen LogP contribution in [0.4, 0.5) is 0 Å². The van der Waals surface area contributed by atoms with Crippen LogP contribution in [0.15, 0.2) is 28.9 Å². The molecule has 1 atom stereocenters. The smallest absolute Gasteiger partial charge is 0.254 e. The van der Waals surface area contributed by atoms with Crippen LogP contribution in [0.5, 0.6) is 0 Å². The van der Waals surface area contributed by atoms with Crippen molar-refractivity contribution in [2.75, 3.05) is 19.6 Å². The van der Waals surface area contributed by atoms with E-state index >= 15 is 0 Å². The first-order valence-corrected chi connectivity index (χ1v) is 8.98. The summed E-state index contributed by atoms with van der Waals surface area (Å²) in [5.41, 5.74) is 0.452. The van der Waals surface area contributed by atoms with Gasteiger partial charge in [0.2, 0.25) is 0 Å². The van der Waals surface area contributed by atoms with Gasteiger partial charge in [-0.1, -0.05) is 0 Å². The fourth-order valence-electron chi connectivity index (χ4n) is 3.19. The van der Waals surface area contributed by atoms with Crippen molar-refractivity contribution in [1.29, 1.82) is 0 Å². The molecule has 1 fully saturated rings. The molecule has 2 aromatic heterocycles. The average Bonchev–Trinajstić information content (AvgIpc) is 3.28. The molecule has 1 amide bonds. The lowest BCUT2D eigenvalue weighted by molar-refractivity contribution is 0.0933. The molecule has 1 aliphatic heterocycles. The molecule has 0 bridgehead atoms. The first-order chi connectivity index (χ1) is 11.8. The third kappa shape index (κ3) is 4.12. The van der Waals surface area contributed by atoms with Crippen LogP contribution in [0, 0.1) is 6.92 Å². The molecule has 136 valence electrons. The highest BCUT2D eigenvalue weighted by Crippen LogP contribution is 2.26. The van der Waals surface area contributed by atoms with E-state index in [1.807, 2.05) is 23.7 Å². The number of furan rings is 1. The summed E-state index contributed by atoms with van der Waals surface area (Å²) in [6.45, 7) is 10.7. The number of nitrogens with zero attached hydrogens (tertiary/aromatic N) is 3. The van der Waals surface area contributed by atoms with Crippen LogP contribution in [0.3, 0.4) is 0 Å². The van der Waals surface area contributed by atoms with E-state index in [0.29, 0.717) is 12.1 Å². The monoisotopic (exact) mass is 344 g/mol. The number of hydrogen-bond acceptors (Lipinski definition) is 4. The van der Waals surface area contributed by atoms with Crippen molar-refractivity contribution in [1.82, 2.24) is 20.0 Å². The SMILES string of the molecule is Cc1ccc([C@H](CNC(=O)c2cnn(C(C)(C)C)c2)N2CCCC2)o1. The number of aromatic nitrogens is 2. The summed E-state index contributed by atoms with van der Waals surface area (Å²) < 4.78 is 7.65. The maximum absolute atomic E-state index is 12.5. The number of amides is 1. The minimum absolute atomic E-state index is 0.0813. The first-order valence-electron chi connectivity index (χ1n) is 8.98. The van der Waals surface area contributed by atoms with Crippen molar-refractivity contribution in [2.24, 2.45) is 0 Å². The Morgan fingerprint density at radius 1 is 1.32 bits per heavy atom. The number of aryl methyl sites for hydroxylation is 1. The molecule has 6 heteroatoms. The molecule has 0 aromatic carbocycles. The van der Waals surface area contributed by atoms with E-state index in [-0.39, 0.29) is 17.5 Å². The van der Waals surface area contributed by atoms with Crippen LogP contribution in [-0.4, -0.2) is 40.2 Å². The van der Waals surface area contributed by atoms with E-state index in [0.717, 1.165) is 24.6 Å². The van der Waals surface area contributed by atoms with Gasteiger partial charge in [0.25, 0.3) is 5.91 Å². The van der Waals surface area contributed by atoms with Crippen molar-refractivity contribution < 1.29 is 9.21 Å². The fraction of sp³-hybridized carbons (Fsp3) is 0.579. The summed E-state index contributed by atoms with van der Waals surface area (Å²) in [6.07, 6.45) is 5.82. The molecule has 25 heavy (non-hydrogen) atoms. The molecule has 0 radical (unpaired) electrons. The number of rotatable bonds is 5. The second-order valence-corrected chi connectivity index (χ2v) is 7.76. The molecule has 0 saturated carbocycles. The molecule has 1 N–H and O–H groups in total. The Morgan fingerprint density at radius 3 is 2.60 bits per heavy atom. The Morgan fingerprint density at radius 2 is 2.04 bits per heavy atom. The fourth-order valence-corrected chi connectivity index (χ4v) is 3.19. The number of likely N-dealkylation sites (tertiary alicyclic amines) is 1. The predicted molar refractivity (Wildman–Crippen MR) is 96.5 cm³/mol. The van der Waals surface area contributed by atoms with Crippen LogP contribution in [0.1, 0.15) is 61.5 Å². The van der Waals surface area contributed by atoms with Gasteiger partial charge >= 0.3 is 0 Å². The Hall–Kier alpha value is -2.08. The van der Waals surface area contributed by atoms with Gasteiger partial charge in [0.1, 0.15) is 11.5 Å². The topological polar surface area (TPSA) is 63.3 Å². The lowest BCUT2D eigenvalue weighted by Gasteiger charge is -2.26. The van der Waals surface area contributed by atoms with Crippen LogP contribution >= 0.6 is 0 Å². The quantitative estimate of drug-likeness (QED) is 0.905. The number of hydrogen-bond donors (Lipinski definition) is 1. The number of carbonyl (C=O) groups is 1. The van der Waals surface area contributed by atoms with Gasteiger partial charge in [0, 0.05) is 12.7 Å². The lowest BCUT2D eigenvalue weighted by Crippen LogP contribution is -2.36. The van der Waals surface area contributed by atoms with Crippen molar-refractivity contribution in [3.05, 3.63) is 41.6 Å². The third-order valence-corrected chi connectivity index (χ3v) is 4.66. The maximum Gasteiger partial charge on any atom is 0.254 e. The first kappa shape index (κ1) is 17.7. The molecule has 3 heterocycles. The highest BCUT2D eigenvalue weighted by molar-refractivity contribution is 5.93. The van der Waals surface area contributed by atoms with E-state index in [4.69, 9.17) is 4.42 Å². The molecule has 0 spiro atoms. The Kier molecular flexibility index (Phi) is 4.99. The van der Waals surface area contributed by atoms with E-state index in [1.165, 1.54) is 12.8 Å². The average molecular weight is 344 g/mol. The van der Waals surface area contributed by atoms with Gasteiger partial charge in [-0.3, -0.25) is 14.4 Å². The van der Waals surface area contributed by atoms with E-state index in [2.05, 4.69) is 36.1 Å². The van der Waals surface area contributed by atoms with Gasteiger partial charge in [0.15, 0.2) is 0 Å². The maximum atomic E-state index is 12.5. The predicted octanol–water partition coefficient (Wildman–Crippen LogP) is 3.11. The zero-order chi connectivity index (χ0) is 18.0. The van der Waals surface area contributed by atoms with E-state index in [9.17, 15) is 4.79 Å². The molecule has 2 aromatic rings. The highest BCUT2D eigenvalue weighted by Gasteiger charge is 2.27. The normalized spacial score (nSPS) is 17.0. The Balaban J connectivity index is 1.68. The van der Waals surface area contributed by atoms with Crippen molar-refractivity contribution in [3.63, 3.8) is 0 Å². The molecule has 3 rings (SSSR count). The van der Waals surface area contributed by atoms with Gasteiger partial charge in [-0.15, -0.1) is 0 Å². The Bertz CT molecular complexity index is 720. The Labute approximate surface area is 149 Å². The molecular weight excluding hydrogens is 316 g/mol. The summed E-state index contributed by atoms with van der Waals surface area (Å²) in [5, 5.41) is 7.36. The van der Waals surface area contributed by atoms with Crippen LogP contribution in [0.25, 0.3) is 0 Å². The van der Waals surface area contributed by atoms with E-state index < -0.39 is 0 Å². The van der Waals surface area contributed by atoms with Crippen LogP contribution in [0.2, 0.25) is 0 Å². The lowest BCUT2D eigenvalue weighted by atomic mass is 10.1. The van der Waals surface area contributed by atoms with Crippen LogP contribution < -0.4 is 5.32 Å². The van der Waals surface area contributed by atoms with Gasteiger partial charge in [0.05, 0.1) is 23.3 Å². The van der Waals surface area contributed by atoms with Crippen molar-refractivity contribution >= 4 is 5.91 Å². The van der Waals surface area contributed by atoms with Gasteiger partial charge in [-0.05, 0) is 65.8 Å². The molecular formula is C19H28N4O2. The number of nitrogens with one attached hydrogen (secondary N) is 1. The molecule has 0 aliphatic carbocycles. The largest absolute Gasteiger partial charge is 0.465 e. The molecule has 6 nitrogen and oxygen atoms in total. The van der Waals surface area contributed by atoms with Crippen molar-refractivity contribution in [3.8, 4) is 0 Å². The third-order valence-electron chi connectivity index (χ3n) is 4.66.